The molecule has 0 aliphatic heterocycles. The van der Waals surface area contributed by atoms with Gasteiger partial charge in [-0.1, -0.05) is 17.7 Å². The van der Waals surface area contributed by atoms with Crippen LogP contribution in [0.4, 0.5) is 10.5 Å². The second kappa shape index (κ2) is 17.3. The average molecular weight is 550 g/mol. The predicted octanol–water partition coefficient (Wildman–Crippen LogP) is 3.71. The molecule has 0 bridgehead atoms. The lowest BCUT2D eigenvalue weighted by atomic mass is 10.1. The number of aliphatic hydroxyl groups excluding tert-OH is 1. The highest BCUT2D eigenvalue weighted by Crippen LogP contribution is 2.42. The van der Waals surface area contributed by atoms with Crippen molar-refractivity contribution in [2.75, 3.05) is 33.5 Å². The summed E-state index contributed by atoms with van der Waals surface area (Å²) in [5.74, 6) is -0.246. The number of nitro groups is 1. The van der Waals surface area contributed by atoms with E-state index in [1.165, 1.54) is 30.2 Å². The molecule has 1 amide bonds. The Morgan fingerprint density at radius 1 is 1.31 bits per heavy atom. The number of aliphatic hydroxyl groups is 1. The van der Waals surface area contributed by atoms with Crippen molar-refractivity contribution in [1.82, 2.24) is 10.3 Å². The van der Waals surface area contributed by atoms with E-state index in [0.29, 0.717) is 18.0 Å². The van der Waals surface area contributed by atoms with Crippen LogP contribution in [0.3, 0.4) is 0 Å². The molecular formula is C22H35N3O9S2. The van der Waals surface area contributed by atoms with Crippen LogP contribution in [0.15, 0.2) is 23.4 Å². The van der Waals surface area contributed by atoms with Crippen LogP contribution < -0.4 is 5.32 Å². The second-order valence-electron chi connectivity index (χ2n) is 8.17. The molecule has 0 fully saturated rings. The van der Waals surface area contributed by atoms with Gasteiger partial charge in [0.1, 0.15) is 24.4 Å². The van der Waals surface area contributed by atoms with Gasteiger partial charge < -0.3 is 29.4 Å². The van der Waals surface area contributed by atoms with Crippen LogP contribution in [-0.2, 0) is 23.7 Å². The summed E-state index contributed by atoms with van der Waals surface area (Å²) in [5, 5.41) is 23.3. The molecule has 0 aromatic carbocycles. The minimum atomic E-state index is -0.940. The smallest absolute Gasteiger partial charge is 0.434 e. The average Bonchev–Trinajstić information content (AvgIpc) is 2.86. The Labute approximate surface area is 218 Å². The monoisotopic (exact) mass is 549 g/mol. The highest BCUT2D eigenvalue weighted by Gasteiger charge is 2.20. The van der Waals surface area contributed by atoms with Crippen LogP contribution in [0.5, 0.6) is 0 Å². The molecule has 0 saturated heterocycles. The second-order valence-corrected chi connectivity index (χ2v) is 11.0. The van der Waals surface area contributed by atoms with E-state index in [4.69, 9.17) is 24.1 Å². The van der Waals surface area contributed by atoms with Crippen LogP contribution in [-0.4, -0.2) is 77.7 Å². The summed E-state index contributed by atoms with van der Waals surface area (Å²) in [4.78, 5) is 37.9. The highest BCUT2D eigenvalue weighted by molar-refractivity contribution is 8.77. The van der Waals surface area contributed by atoms with E-state index in [1.54, 1.807) is 16.9 Å². The van der Waals surface area contributed by atoms with Gasteiger partial charge in [0.15, 0.2) is 6.29 Å². The van der Waals surface area contributed by atoms with E-state index in [0.717, 1.165) is 12.8 Å². The van der Waals surface area contributed by atoms with Gasteiger partial charge in [0.05, 0.1) is 24.1 Å². The minimum Gasteiger partial charge on any atom is -0.434 e. The third kappa shape index (κ3) is 13.8. The van der Waals surface area contributed by atoms with Crippen molar-refractivity contribution in [2.45, 2.75) is 68.6 Å². The normalized spacial score (nSPS) is 13.0. The summed E-state index contributed by atoms with van der Waals surface area (Å²) in [6.07, 6.45) is 1.18. The lowest BCUT2D eigenvalue weighted by molar-refractivity contribution is -0.385. The number of carbonyl (C=O) groups is 2. The van der Waals surface area contributed by atoms with Gasteiger partial charge in [0.25, 0.3) is 5.69 Å². The van der Waals surface area contributed by atoms with Crippen LogP contribution in [0.25, 0.3) is 0 Å². The summed E-state index contributed by atoms with van der Waals surface area (Å²) in [6.45, 7) is 5.96. The Balaban J connectivity index is 2.17. The molecule has 0 radical (unpaired) electrons. The molecule has 0 saturated carbocycles. The molecule has 204 valence electrons. The number of nitrogens with one attached hydrogen (secondary N) is 1. The Hall–Kier alpha value is -2.13. The molecule has 36 heavy (non-hydrogen) atoms. The zero-order chi connectivity index (χ0) is 27.0. The molecule has 0 spiro atoms. The Morgan fingerprint density at radius 3 is 2.64 bits per heavy atom. The quantitative estimate of drug-likeness (QED) is 0.0683. The fraction of sp³-hybridized carbons (Fsp3) is 0.682. The van der Waals surface area contributed by atoms with E-state index in [1.807, 2.05) is 6.92 Å². The van der Waals surface area contributed by atoms with E-state index < -0.39 is 23.5 Å². The van der Waals surface area contributed by atoms with Gasteiger partial charge in [-0.05, 0) is 50.0 Å². The van der Waals surface area contributed by atoms with Crippen LogP contribution in [0.2, 0.25) is 0 Å². The molecule has 2 unspecified atom stereocenters. The first kappa shape index (κ1) is 31.9. The van der Waals surface area contributed by atoms with Gasteiger partial charge in [0, 0.05) is 24.5 Å². The van der Waals surface area contributed by atoms with Crippen molar-refractivity contribution >= 4 is 39.3 Å². The first-order valence-corrected chi connectivity index (χ1v) is 13.6. The minimum absolute atomic E-state index is 0.00152. The Morgan fingerprint density at radius 2 is 2.06 bits per heavy atom. The number of aromatic nitrogens is 1. The zero-order valence-electron chi connectivity index (χ0n) is 21.0. The van der Waals surface area contributed by atoms with E-state index >= 15 is 0 Å². The third-order valence-electron chi connectivity index (χ3n) is 4.71. The van der Waals surface area contributed by atoms with Gasteiger partial charge in [0.2, 0.25) is 5.91 Å². The van der Waals surface area contributed by atoms with Crippen LogP contribution in [0.1, 0.15) is 46.5 Å². The highest BCUT2D eigenvalue weighted by atomic mass is 33.1. The summed E-state index contributed by atoms with van der Waals surface area (Å²) in [7, 11) is 4.44. The van der Waals surface area contributed by atoms with Crippen molar-refractivity contribution < 1.29 is 38.6 Å². The molecule has 1 rings (SSSR count). The molecule has 14 heteroatoms. The van der Waals surface area contributed by atoms with Gasteiger partial charge in [-0.3, -0.25) is 14.9 Å². The maximum absolute atomic E-state index is 12.0. The van der Waals surface area contributed by atoms with Crippen molar-refractivity contribution in [2.24, 2.45) is 0 Å². The lowest BCUT2D eigenvalue weighted by Gasteiger charge is -2.22. The number of hydrogen-bond acceptors (Lipinski definition) is 12. The molecule has 1 aromatic heterocycles. The Kier molecular flexibility index (Phi) is 15.4. The molecule has 1 aromatic rings. The number of amides is 1. The summed E-state index contributed by atoms with van der Waals surface area (Å²) >= 11 is 0. The van der Waals surface area contributed by atoms with Gasteiger partial charge >= 0.3 is 6.16 Å². The SMILES string of the molecule is CCC(CO)OC(COC(=O)OCCC(=O)NCCCC(C)(C)SSc1ccc([N+](=O)[O-])cn1)OC. The maximum atomic E-state index is 12.0. The van der Waals surface area contributed by atoms with Crippen molar-refractivity contribution in [3.8, 4) is 0 Å². The summed E-state index contributed by atoms with van der Waals surface area (Å²) < 4.78 is 20.2. The zero-order valence-corrected chi connectivity index (χ0v) is 22.6. The van der Waals surface area contributed by atoms with Gasteiger partial charge in [-0.25, -0.2) is 9.78 Å². The van der Waals surface area contributed by atoms with E-state index in [-0.39, 0.29) is 42.6 Å². The first-order valence-electron chi connectivity index (χ1n) is 11.4. The first-order chi connectivity index (χ1) is 17.1. The van der Waals surface area contributed by atoms with Crippen molar-refractivity contribution in [3.63, 3.8) is 0 Å². The third-order valence-corrected chi connectivity index (χ3v) is 7.98. The van der Waals surface area contributed by atoms with Crippen molar-refractivity contribution in [3.05, 3.63) is 28.4 Å². The fourth-order valence-corrected chi connectivity index (χ4v) is 4.84. The maximum Gasteiger partial charge on any atom is 0.508 e. The summed E-state index contributed by atoms with van der Waals surface area (Å²) in [6, 6.07) is 3.04. The summed E-state index contributed by atoms with van der Waals surface area (Å²) in [5.41, 5.74) is -0.0460. The number of rotatable bonds is 18. The number of hydrogen-bond donors (Lipinski definition) is 2. The number of methoxy groups -OCH3 is 1. The van der Waals surface area contributed by atoms with Crippen molar-refractivity contribution in [1.29, 1.82) is 0 Å². The van der Waals surface area contributed by atoms with Crippen LogP contribution in [0, 0.1) is 10.1 Å². The van der Waals surface area contributed by atoms with E-state index in [2.05, 4.69) is 24.1 Å². The molecule has 12 nitrogen and oxygen atoms in total. The lowest BCUT2D eigenvalue weighted by Crippen LogP contribution is -2.31. The number of ether oxygens (including phenoxy) is 4. The molecule has 0 aliphatic carbocycles. The topological polar surface area (TPSA) is 159 Å². The number of nitrogens with zero attached hydrogens (tertiary/aromatic N) is 2. The Bertz CT molecular complexity index is 808. The van der Waals surface area contributed by atoms with Gasteiger partial charge in [-0.15, -0.1) is 0 Å². The molecule has 0 aliphatic rings. The standard InChI is InChI=1S/C22H35N3O9S2/c1-5-17(14-26)34-20(31-4)15-33-21(28)32-12-9-18(27)23-11-6-10-22(2,3)36-35-19-8-7-16(13-24-19)25(29)30/h7-8,13,17,20,26H,5-6,9-12,14-15H2,1-4H3,(H,23,27). The van der Waals surface area contributed by atoms with Gasteiger partial charge in [-0.2, -0.15) is 0 Å². The molecule has 2 atom stereocenters. The number of carbonyl (C=O) groups excluding carboxylic acids is 2. The number of pyridine rings is 1. The molecule has 2 N–H and O–H groups in total. The fourth-order valence-electron chi connectivity index (χ4n) is 2.61. The largest absolute Gasteiger partial charge is 0.508 e. The van der Waals surface area contributed by atoms with Crippen LogP contribution >= 0.6 is 21.6 Å². The molecule has 1 heterocycles. The molecular weight excluding hydrogens is 514 g/mol. The predicted molar refractivity (Wildman–Crippen MR) is 136 cm³/mol. The van der Waals surface area contributed by atoms with E-state index in [9.17, 15) is 19.7 Å².